The lowest BCUT2D eigenvalue weighted by molar-refractivity contribution is -0.142. The second kappa shape index (κ2) is 6.30. The van der Waals surface area contributed by atoms with Crippen LogP contribution in [0.15, 0.2) is 0 Å². The maximum atomic E-state index is 11.3. The first-order valence-corrected chi connectivity index (χ1v) is 6.08. The predicted molar refractivity (Wildman–Crippen MR) is 57.5 cm³/mol. The van der Waals surface area contributed by atoms with Gasteiger partial charge in [-0.3, -0.25) is 4.79 Å². The molecule has 1 unspecified atom stereocenters. The lowest BCUT2D eigenvalue weighted by Crippen LogP contribution is -2.24. The average molecular weight is 218 g/mol. The first-order valence-electron chi connectivity index (χ1n) is 5.14. The van der Waals surface area contributed by atoms with Gasteiger partial charge in [-0.05, 0) is 26.7 Å². The lowest BCUT2D eigenvalue weighted by atomic mass is 10.2. The van der Waals surface area contributed by atoms with Crippen molar-refractivity contribution in [3.63, 3.8) is 0 Å². The minimum atomic E-state index is -0.0935. The van der Waals surface area contributed by atoms with Crippen LogP contribution < -0.4 is 0 Å². The molecule has 0 saturated carbocycles. The largest absolute Gasteiger partial charge is 0.465 e. The van der Waals surface area contributed by atoms with Gasteiger partial charge in [-0.25, -0.2) is 0 Å². The maximum absolute atomic E-state index is 11.3. The van der Waals surface area contributed by atoms with Crippen LogP contribution in [0.1, 0.15) is 26.7 Å². The molecular weight excluding hydrogens is 200 g/mol. The van der Waals surface area contributed by atoms with Gasteiger partial charge >= 0.3 is 5.97 Å². The van der Waals surface area contributed by atoms with Crippen molar-refractivity contribution in [3.8, 4) is 0 Å². The quantitative estimate of drug-likeness (QED) is 0.675. The Morgan fingerprint density at radius 2 is 2.21 bits per heavy atom. The smallest absolute Gasteiger partial charge is 0.318 e. The molecule has 1 fully saturated rings. The van der Waals surface area contributed by atoms with Crippen LogP contribution in [0.5, 0.6) is 0 Å². The van der Waals surface area contributed by atoms with E-state index in [-0.39, 0.29) is 11.2 Å². The minimum Gasteiger partial charge on any atom is -0.465 e. The summed E-state index contributed by atoms with van der Waals surface area (Å²) in [7, 11) is 0. The fourth-order valence-electron chi connectivity index (χ4n) is 1.42. The van der Waals surface area contributed by atoms with E-state index in [9.17, 15) is 4.79 Å². The lowest BCUT2D eigenvalue weighted by Gasteiger charge is -2.23. The van der Waals surface area contributed by atoms with Crippen molar-refractivity contribution in [3.05, 3.63) is 0 Å². The monoisotopic (exact) mass is 218 g/mol. The molecule has 0 N–H and O–H groups in total. The Morgan fingerprint density at radius 3 is 2.79 bits per heavy atom. The summed E-state index contributed by atoms with van der Waals surface area (Å²) < 4.78 is 10.2. The van der Waals surface area contributed by atoms with Crippen LogP contribution in [0.2, 0.25) is 0 Å². The molecule has 0 bridgehead atoms. The highest BCUT2D eigenvalue weighted by molar-refractivity contribution is 8.01. The number of thioether (sulfide) groups is 1. The molecular formula is C10H18O3S. The molecule has 1 atom stereocenters. The molecule has 3 nitrogen and oxygen atoms in total. The third kappa shape index (κ3) is 3.88. The van der Waals surface area contributed by atoms with E-state index in [0.717, 1.165) is 26.1 Å². The standard InChI is InChI=1S/C10H18O3S/c1-3-13-10(11)8(2)14-9-4-6-12-7-5-9/h8-9H,3-7H2,1-2H3. The predicted octanol–water partition coefficient (Wildman–Crippen LogP) is 1.85. The molecule has 0 aromatic rings. The van der Waals surface area contributed by atoms with Crippen molar-refractivity contribution in [1.82, 2.24) is 0 Å². The van der Waals surface area contributed by atoms with Gasteiger partial charge in [0.2, 0.25) is 0 Å². The van der Waals surface area contributed by atoms with Crippen LogP contribution in [0.3, 0.4) is 0 Å². The molecule has 0 aliphatic carbocycles. The highest BCUT2D eigenvalue weighted by Gasteiger charge is 2.22. The molecule has 1 aliphatic rings. The number of esters is 1. The van der Waals surface area contributed by atoms with Gasteiger partial charge in [0.25, 0.3) is 0 Å². The molecule has 1 aliphatic heterocycles. The number of carbonyl (C=O) groups is 1. The summed E-state index contributed by atoms with van der Waals surface area (Å²) in [6, 6.07) is 0. The molecule has 14 heavy (non-hydrogen) atoms. The zero-order valence-electron chi connectivity index (χ0n) is 8.82. The van der Waals surface area contributed by atoms with Crippen LogP contribution >= 0.6 is 11.8 Å². The average Bonchev–Trinajstić information content (AvgIpc) is 2.19. The van der Waals surface area contributed by atoms with Crippen molar-refractivity contribution in [2.75, 3.05) is 19.8 Å². The molecule has 1 heterocycles. The highest BCUT2D eigenvalue weighted by Crippen LogP contribution is 2.26. The summed E-state index contributed by atoms with van der Waals surface area (Å²) in [4.78, 5) is 11.3. The van der Waals surface area contributed by atoms with Gasteiger partial charge in [0.1, 0.15) is 0 Å². The zero-order valence-corrected chi connectivity index (χ0v) is 9.64. The van der Waals surface area contributed by atoms with Crippen LogP contribution in [0.25, 0.3) is 0 Å². The van der Waals surface area contributed by atoms with E-state index in [1.165, 1.54) is 0 Å². The molecule has 4 heteroatoms. The zero-order chi connectivity index (χ0) is 10.4. The van der Waals surface area contributed by atoms with Gasteiger partial charge in [0, 0.05) is 18.5 Å². The Bertz CT molecular complexity index is 178. The molecule has 0 amide bonds. The van der Waals surface area contributed by atoms with Gasteiger partial charge < -0.3 is 9.47 Å². The number of carbonyl (C=O) groups excluding carboxylic acids is 1. The molecule has 0 aromatic heterocycles. The minimum absolute atomic E-state index is 0.0435. The van der Waals surface area contributed by atoms with E-state index in [1.807, 2.05) is 13.8 Å². The number of hydrogen-bond donors (Lipinski definition) is 0. The normalized spacial score (nSPS) is 20.4. The molecule has 0 radical (unpaired) electrons. The van der Waals surface area contributed by atoms with Crippen LogP contribution in [-0.2, 0) is 14.3 Å². The molecule has 1 saturated heterocycles. The Kier molecular flexibility index (Phi) is 5.33. The molecule has 1 rings (SSSR count). The van der Waals surface area contributed by atoms with Gasteiger partial charge in [-0.1, -0.05) is 0 Å². The Morgan fingerprint density at radius 1 is 1.57 bits per heavy atom. The van der Waals surface area contributed by atoms with Crippen molar-refractivity contribution in [1.29, 1.82) is 0 Å². The Labute approximate surface area is 89.5 Å². The van der Waals surface area contributed by atoms with Crippen LogP contribution in [0, 0.1) is 0 Å². The van der Waals surface area contributed by atoms with Crippen molar-refractivity contribution < 1.29 is 14.3 Å². The first-order chi connectivity index (χ1) is 6.74. The molecule has 0 spiro atoms. The second-order valence-electron chi connectivity index (χ2n) is 3.34. The summed E-state index contributed by atoms with van der Waals surface area (Å²) in [6.45, 7) is 5.87. The van der Waals surface area contributed by atoms with E-state index >= 15 is 0 Å². The fourth-order valence-corrected chi connectivity index (χ4v) is 2.64. The summed E-state index contributed by atoms with van der Waals surface area (Å²) >= 11 is 1.71. The van der Waals surface area contributed by atoms with E-state index in [2.05, 4.69) is 0 Å². The van der Waals surface area contributed by atoms with Crippen molar-refractivity contribution in [2.24, 2.45) is 0 Å². The third-order valence-electron chi connectivity index (χ3n) is 2.18. The van der Waals surface area contributed by atoms with Crippen LogP contribution in [-0.4, -0.2) is 36.3 Å². The van der Waals surface area contributed by atoms with E-state index in [4.69, 9.17) is 9.47 Å². The summed E-state index contributed by atoms with van der Waals surface area (Å²) in [6.07, 6.45) is 2.10. The summed E-state index contributed by atoms with van der Waals surface area (Å²) in [5.41, 5.74) is 0. The molecule has 82 valence electrons. The van der Waals surface area contributed by atoms with Crippen molar-refractivity contribution in [2.45, 2.75) is 37.2 Å². The first kappa shape index (κ1) is 11.9. The topological polar surface area (TPSA) is 35.5 Å². The SMILES string of the molecule is CCOC(=O)C(C)SC1CCOCC1. The highest BCUT2D eigenvalue weighted by atomic mass is 32.2. The maximum Gasteiger partial charge on any atom is 0.318 e. The molecule has 0 aromatic carbocycles. The van der Waals surface area contributed by atoms with Crippen molar-refractivity contribution >= 4 is 17.7 Å². The van der Waals surface area contributed by atoms with Gasteiger partial charge in [-0.2, -0.15) is 0 Å². The number of rotatable bonds is 4. The van der Waals surface area contributed by atoms with Crippen LogP contribution in [0.4, 0.5) is 0 Å². The summed E-state index contributed by atoms with van der Waals surface area (Å²) in [5, 5.41) is 0.515. The number of hydrogen-bond acceptors (Lipinski definition) is 4. The number of ether oxygens (including phenoxy) is 2. The third-order valence-corrected chi connectivity index (χ3v) is 3.64. The van der Waals surface area contributed by atoms with Gasteiger partial charge in [-0.15, -0.1) is 11.8 Å². The summed E-state index contributed by atoms with van der Waals surface area (Å²) in [5.74, 6) is -0.0935. The Hall–Kier alpha value is -0.220. The fraction of sp³-hybridized carbons (Fsp3) is 0.900. The Balaban J connectivity index is 2.24. The second-order valence-corrected chi connectivity index (χ2v) is 4.99. The van der Waals surface area contributed by atoms with Gasteiger partial charge in [0.05, 0.1) is 11.9 Å². The van der Waals surface area contributed by atoms with E-state index < -0.39 is 0 Å². The van der Waals surface area contributed by atoms with E-state index in [0.29, 0.717) is 11.9 Å². The van der Waals surface area contributed by atoms with E-state index in [1.54, 1.807) is 11.8 Å². The van der Waals surface area contributed by atoms with Gasteiger partial charge in [0.15, 0.2) is 0 Å².